The summed E-state index contributed by atoms with van der Waals surface area (Å²) in [5, 5.41) is 13.7. The van der Waals surface area contributed by atoms with Gasteiger partial charge in [-0.15, -0.1) is 0 Å². The van der Waals surface area contributed by atoms with Crippen molar-refractivity contribution in [3.8, 4) is 11.5 Å². The lowest BCUT2D eigenvalue weighted by atomic mass is 10.1. The minimum Gasteiger partial charge on any atom is -0.457 e. The number of aliphatic hydroxyl groups is 1. The second-order valence-electron chi connectivity index (χ2n) is 8.14. The number of nitrogens with zero attached hydrogens (tertiary/aromatic N) is 2. The summed E-state index contributed by atoms with van der Waals surface area (Å²) in [5.74, 6) is 2.15. The normalized spacial score (nSPS) is 11.6. The van der Waals surface area contributed by atoms with Crippen molar-refractivity contribution in [2.45, 2.75) is 25.9 Å². The number of halogens is 1. The van der Waals surface area contributed by atoms with E-state index in [0.29, 0.717) is 23.2 Å². The van der Waals surface area contributed by atoms with Crippen molar-refractivity contribution in [2.24, 2.45) is 0 Å². The molecule has 160 valence electrons. The van der Waals surface area contributed by atoms with E-state index in [1.165, 1.54) is 0 Å². The Kier molecular flexibility index (Phi) is 5.76. The number of benzene rings is 3. The number of fused-ring (bicyclic) bond motifs is 1. The molecule has 3 aromatic carbocycles. The van der Waals surface area contributed by atoms with Crippen LogP contribution in [0.25, 0.3) is 11.0 Å². The van der Waals surface area contributed by atoms with E-state index in [1.807, 2.05) is 68.4 Å². The highest BCUT2D eigenvalue weighted by atomic mass is 35.5. The molecule has 0 aliphatic carbocycles. The number of nitrogens with two attached hydrogens (primary N) is 1. The first-order valence-corrected chi connectivity index (χ1v) is 10.4. The Morgan fingerprint density at radius 2 is 1.68 bits per heavy atom. The highest BCUT2D eigenvalue weighted by molar-refractivity contribution is 6.30. The van der Waals surface area contributed by atoms with Gasteiger partial charge in [0.25, 0.3) is 0 Å². The molecule has 6 nitrogen and oxygen atoms in total. The molecule has 0 bridgehead atoms. The summed E-state index contributed by atoms with van der Waals surface area (Å²) in [4.78, 5) is 4.71. The molecule has 1 heterocycles. The molecule has 0 spiro atoms. The van der Waals surface area contributed by atoms with Crippen molar-refractivity contribution in [1.29, 1.82) is 0 Å². The van der Waals surface area contributed by atoms with Crippen LogP contribution in [0.2, 0.25) is 5.02 Å². The quantitative estimate of drug-likeness (QED) is 0.342. The van der Waals surface area contributed by atoms with Crippen LogP contribution in [0.5, 0.6) is 11.5 Å². The van der Waals surface area contributed by atoms with Crippen LogP contribution in [0.15, 0.2) is 66.7 Å². The number of imidazole rings is 1. The van der Waals surface area contributed by atoms with Crippen LogP contribution in [-0.2, 0) is 6.54 Å². The molecular weight excluding hydrogens is 412 g/mol. The van der Waals surface area contributed by atoms with Crippen molar-refractivity contribution < 1.29 is 9.84 Å². The zero-order valence-electron chi connectivity index (χ0n) is 17.5. The standard InChI is InChI=1S/C24H25ClN4O2/c1-24(2,15-30)28-23-27-21-12-7-18(26)13-22(21)29(23)14-16-3-8-19(9-4-16)31-20-10-5-17(25)6-11-20/h3-13,30H,14-15,26H2,1-2H3,(H,27,28). The van der Waals surface area contributed by atoms with Gasteiger partial charge < -0.3 is 25.5 Å². The molecule has 1 aromatic heterocycles. The van der Waals surface area contributed by atoms with Gasteiger partial charge in [-0.2, -0.15) is 0 Å². The second-order valence-corrected chi connectivity index (χ2v) is 8.57. The number of rotatable bonds is 7. The van der Waals surface area contributed by atoms with E-state index >= 15 is 0 Å². The van der Waals surface area contributed by atoms with Crippen LogP contribution in [0.3, 0.4) is 0 Å². The van der Waals surface area contributed by atoms with Crippen LogP contribution in [-0.4, -0.2) is 26.8 Å². The predicted octanol–water partition coefficient (Wildman–Crippen LogP) is 5.30. The fourth-order valence-corrected chi connectivity index (χ4v) is 3.35. The van der Waals surface area contributed by atoms with E-state index in [-0.39, 0.29) is 6.61 Å². The smallest absolute Gasteiger partial charge is 0.204 e. The number of anilines is 2. The molecule has 4 aromatic rings. The van der Waals surface area contributed by atoms with Crippen molar-refractivity contribution in [1.82, 2.24) is 9.55 Å². The van der Waals surface area contributed by atoms with Crippen molar-refractivity contribution >= 4 is 34.3 Å². The Morgan fingerprint density at radius 1 is 1.03 bits per heavy atom. The molecule has 0 fully saturated rings. The van der Waals surface area contributed by atoms with Crippen LogP contribution >= 0.6 is 11.6 Å². The topological polar surface area (TPSA) is 85.3 Å². The molecule has 0 aliphatic heterocycles. The molecule has 7 heteroatoms. The minimum atomic E-state index is -0.513. The maximum absolute atomic E-state index is 9.68. The summed E-state index contributed by atoms with van der Waals surface area (Å²) < 4.78 is 7.95. The summed E-state index contributed by atoms with van der Waals surface area (Å²) in [6, 6.07) is 20.8. The fourth-order valence-electron chi connectivity index (χ4n) is 3.22. The molecule has 0 saturated heterocycles. The Morgan fingerprint density at radius 3 is 2.32 bits per heavy atom. The number of nitrogens with one attached hydrogen (secondary N) is 1. The van der Waals surface area contributed by atoms with Crippen molar-refractivity contribution in [3.63, 3.8) is 0 Å². The molecule has 0 atom stereocenters. The van der Waals surface area contributed by atoms with Crippen LogP contribution in [0.1, 0.15) is 19.4 Å². The third kappa shape index (κ3) is 4.93. The summed E-state index contributed by atoms with van der Waals surface area (Å²) in [6.45, 7) is 4.42. The summed E-state index contributed by atoms with van der Waals surface area (Å²) in [6.07, 6.45) is 0. The SMILES string of the molecule is CC(C)(CO)Nc1nc2ccc(N)cc2n1Cc1ccc(Oc2ccc(Cl)cc2)cc1. The van der Waals surface area contributed by atoms with E-state index in [2.05, 4.69) is 9.88 Å². The number of aromatic nitrogens is 2. The van der Waals surface area contributed by atoms with Gasteiger partial charge in [0.15, 0.2) is 0 Å². The molecule has 0 aliphatic rings. The predicted molar refractivity (Wildman–Crippen MR) is 126 cm³/mol. The zero-order chi connectivity index (χ0) is 22.0. The first-order chi connectivity index (χ1) is 14.8. The van der Waals surface area contributed by atoms with Crippen LogP contribution in [0.4, 0.5) is 11.6 Å². The van der Waals surface area contributed by atoms with Gasteiger partial charge in [-0.05, 0) is 74.0 Å². The lowest BCUT2D eigenvalue weighted by molar-refractivity contribution is 0.233. The number of hydrogen-bond donors (Lipinski definition) is 3. The lowest BCUT2D eigenvalue weighted by Crippen LogP contribution is -2.36. The van der Waals surface area contributed by atoms with Gasteiger partial charge in [0.1, 0.15) is 11.5 Å². The average molecular weight is 437 g/mol. The number of hydrogen-bond acceptors (Lipinski definition) is 5. The molecule has 31 heavy (non-hydrogen) atoms. The monoisotopic (exact) mass is 436 g/mol. The summed E-state index contributed by atoms with van der Waals surface area (Å²) >= 11 is 5.93. The number of nitrogen functional groups attached to an aromatic ring is 1. The first-order valence-electron chi connectivity index (χ1n) is 10.0. The molecule has 0 unspecified atom stereocenters. The van der Waals surface area contributed by atoms with E-state index in [0.717, 1.165) is 28.1 Å². The lowest BCUT2D eigenvalue weighted by Gasteiger charge is -2.24. The van der Waals surface area contributed by atoms with Crippen LogP contribution < -0.4 is 15.8 Å². The maximum atomic E-state index is 9.68. The van der Waals surface area contributed by atoms with Gasteiger partial charge >= 0.3 is 0 Å². The summed E-state index contributed by atoms with van der Waals surface area (Å²) in [7, 11) is 0. The third-order valence-corrected chi connectivity index (χ3v) is 5.18. The maximum Gasteiger partial charge on any atom is 0.204 e. The van der Waals surface area contributed by atoms with Gasteiger partial charge in [-0.1, -0.05) is 23.7 Å². The van der Waals surface area contributed by atoms with Gasteiger partial charge in [0, 0.05) is 10.7 Å². The Hall–Kier alpha value is -3.22. The van der Waals surface area contributed by atoms with E-state index < -0.39 is 5.54 Å². The molecular formula is C24H25ClN4O2. The highest BCUT2D eigenvalue weighted by Gasteiger charge is 2.20. The van der Waals surface area contributed by atoms with Crippen LogP contribution in [0, 0.1) is 0 Å². The Balaban J connectivity index is 1.61. The van der Waals surface area contributed by atoms with Gasteiger partial charge in [0.05, 0.1) is 29.7 Å². The zero-order valence-corrected chi connectivity index (χ0v) is 18.2. The summed E-state index contributed by atoms with van der Waals surface area (Å²) in [5.41, 5.74) is 9.03. The average Bonchev–Trinajstić information content (AvgIpc) is 3.07. The molecule has 4 N–H and O–H groups in total. The second kappa shape index (κ2) is 8.49. The first kappa shape index (κ1) is 21.0. The van der Waals surface area contributed by atoms with Crippen molar-refractivity contribution in [2.75, 3.05) is 17.7 Å². The largest absolute Gasteiger partial charge is 0.457 e. The van der Waals surface area contributed by atoms with Crippen molar-refractivity contribution in [3.05, 3.63) is 77.3 Å². The minimum absolute atomic E-state index is 0.0188. The molecule has 0 saturated carbocycles. The Labute approximate surface area is 186 Å². The van der Waals surface area contributed by atoms with E-state index in [9.17, 15) is 5.11 Å². The van der Waals surface area contributed by atoms with E-state index in [4.69, 9.17) is 27.1 Å². The van der Waals surface area contributed by atoms with E-state index in [1.54, 1.807) is 12.1 Å². The highest BCUT2D eigenvalue weighted by Crippen LogP contribution is 2.27. The number of ether oxygens (including phenoxy) is 1. The van der Waals surface area contributed by atoms with Gasteiger partial charge in [-0.25, -0.2) is 4.98 Å². The Bertz CT molecular complexity index is 1180. The molecule has 0 amide bonds. The number of aliphatic hydroxyl groups excluding tert-OH is 1. The molecule has 4 rings (SSSR count). The van der Waals surface area contributed by atoms with Gasteiger partial charge in [-0.3, -0.25) is 0 Å². The molecule has 0 radical (unpaired) electrons. The fraction of sp³-hybridized carbons (Fsp3) is 0.208. The third-order valence-electron chi connectivity index (χ3n) is 4.93. The van der Waals surface area contributed by atoms with Gasteiger partial charge in [0.2, 0.25) is 5.95 Å².